The number of carbonyl (C=O) groups excluding carboxylic acids is 4. The van der Waals surface area contributed by atoms with Crippen molar-refractivity contribution in [3.63, 3.8) is 0 Å². The fourth-order valence-electron chi connectivity index (χ4n) is 3.57. The van der Waals surface area contributed by atoms with E-state index in [2.05, 4.69) is 0 Å². The number of carbonyl (C=O) groups is 4. The number of ether oxygens (including phenoxy) is 1. The van der Waals surface area contributed by atoms with Crippen LogP contribution >= 0.6 is 0 Å². The van der Waals surface area contributed by atoms with Crippen molar-refractivity contribution in [2.75, 3.05) is 14.2 Å². The zero-order valence-corrected chi connectivity index (χ0v) is 15.1. The average Bonchev–Trinajstić information content (AvgIpc) is 2.86. The van der Waals surface area contributed by atoms with Gasteiger partial charge in [-0.05, 0) is 20.3 Å². The second-order valence-electron chi connectivity index (χ2n) is 6.67. The number of esters is 1. The Morgan fingerprint density at radius 2 is 1.69 bits per heavy atom. The van der Waals surface area contributed by atoms with Gasteiger partial charge in [-0.1, -0.05) is 35.9 Å². The molecular formula is C20H19NO5. The molecule has 0 spiro atoms. The van der Waals surface area contributed by atoms with Gasteiger partial charge in [0.15, 0.2) is 11.2 Å². The highest BCUT2D eigenvalue weighted by Gasteiger charge is 2.62. The lowest BCUT2D eigenvalue weighted by molar-refractivity contribution is -0.157. The number of Topliss-reactive ketones (excluding diaryl/α,β-unsaturated/α-hetero) is 2. The number of allylic oxidation sites excluding steroid dienone is 3. The molecule has 1 amide bonds. The van der Waals surface area contributed by atoms with Gasteiger partial charge in [0.1, 0.15) is 5.70 Å². The maximum absolute atomic E-state index is 13.2. The molecule has 1 aromatic rings. The quantitative estimate of drug-likeness (QED) is 0.473. The van der Waals surface area contributed by atoms with Gasteiger partial charge in [0.25, 0.3) is 0 Å². The molecule has 2 aliphatic rings. The lowest BCUT2D eigenvalue weighted by atomic mass is 9.71. The molecule has 0 saturated carbocycles. The third-order valence-electron chi connectivity index (χ3n) is 4.88. The second-order valence-corrected chi connectivity index (χ2v) is 6.67. The van der Waals surface area contributed by atoms with E-state index in [9.17, 15) is 19.2 Å². The molecule has 0 aromatic heterocycles. The van der Waals surface area contributed by atoms with E-state index in [4.69, 9.17) is 4.74 Å². The van der Waals surface area contributed by atoms with Gasteiger partial charge in [0.05, 0.1) is 12.7 Å². The van der Waals surface area contributed by atoms with E-state index >= 15 is 0 Å². The van der Waals surface area contributed by atoms with Crippen LogP contribution in [0.5, 0.6) is 0 Å². The Balaban J connectivity index is 2.32. The van der Waals surface area contributed by atoms with Gasteiger partial charge in [0.2, 0.25) is 11.7 Å². The van der Waals surface area contributed by atoms with E-state index in [-0.39, 0.29) is 28.8 Å². The fourth-order valence-corrected chi connectivity index (χ4v) is 3.57. The summed E-state index contributed by atoms with van der Waals surface area (Å²) < 4.78 is 4.90. The summed E-state index contributed by atoms with van der Waals surface area (Å²) in [6.45, 7) is 3.65. The molecule has 1 aromatic carbocycles. The van der Waals surface area contributed by atoms with Crippen LogP contribution in [0.3, 0.4) is 0 Å². The monoisotopic (exact) mass is 353 g/mol. The number of hydrogen-bond acceptors (Lipinski definition) is 5. The fraction of sp³-hybridized carbons (Fsp3) is 0.300. The number of amides is 1. The maximum atomic E-state index is 13.2. The summed E-state index contributed by atoms with van der Waals surface area (Å²) in [5.74, 6) is -2.38. The first-order chi connectivity index (χ1) is 12.3. The molecule has 0 N–H and O–H groups in total. The van der Waals surface area contributed by atoms with Crippen LogP contribution in [-0.2, 0) is 14.3 Å². The number of likely N-dealkylation sites (N-methyl/N-ethyl adjacent to an activating group) is 1. The molecule has 134 valence electrons. The SMILES string of the molecule is COC(=O)C1(CC=C(C)C)C(=O)N(C)C2=C1C(=O)c1ccccc1C2=O. The molecule has 1 heterocycles. The van der Waals surface area contributed by atoms with Crippen molar-refractivity contribution in [2.45, 2.75) is 20.3 Å². The van der Waals surface area contributed by atoms with E-state index in [0.717, 1.165) is 10.5 Å². The van der Waals surface area contributed by atoms with Gasteiger partial charge in [-0.2, -0.15) is 0 Å². The maximum Gasteiger partial charge on any atom is 0.326 e. The standard InChI is InChI=1S/C20H19NO5/c1-11(2)9-10-20(19(25)26-4)14-15(21(3)18(20)24)17(23)13-8-6-5-7-12(13)16(14)22/h5-9H,10H2,1-4H3. The van der Waals surface area contributed by atoms with Crippen molar-refractivity contribution in [3.8, 4) is 0 Å². The van der Waals surface area contributed by atoms with Crippen molar-refractivity contribution in [1.82, 2.24) is 4.90 Å². The summed E-state index contributed by atoms with van der Waals surface area (Å²) in [5.41, 5.74) is -0.642. The molecule has 26 heavy (non-hydrogen) atoms. The Labute approximate surface area is 151 Å². The highest BCUT2D eigenvalue weighted by atomic mass is 16.5. The Morgan fingerprint density at radius 1 is 1.12 bits per heavy atom. The van der Waals surface area contributed by atoms with Crippen LogP contribution in [0.4, 0.5) is 0 Å². The highest BCUT2D eigenvalue weighted by molar-refractivity contribution is 6.34. The first kappa shape index (κ1) is 17.8. The normalized spacial score (nSPS) is 21.5. The van der Waals surface area contributed by atoms with Gasteiger partial charge < -0.3 is 9.64 Å². The zero-order chi connectivity index (χ0) is 19.2. The topological polar surface area (TPSA) is 80.8 Å². The number of hydrogen-bond donors (Lipinski definition) is 0. The van der Waals surface area contributed by atoms with Gasteiger partial charge in [0, 0.05) is 18.2 Å². The second kappa shape index (κ2) is 6.05. The van der Waals surface area contributed by atoms with Crippen molar-refractivity contribution in [1.29, 1.82) is 0 Å². The lowest BCUT2D eigenvalue weighted by Gasteiger charge is -2.26. The molecule has 1 unspecified atom stereocenters. The predicted molar refractivity (Wildman–Crippen MR) is 93.4 cm³/mol. The molecule has 6 heteroatoms. The smallest absolute Gasteiger partial charge is 0.326 e. The summed E-state index contributed by atoms with van der Waals surface area (Å²) in [4.78, 5) is 53.1. The number of rotatable bonds is 3. The van der Waals surface area contributed by atoms with Crippen molar-refractivity contribution < 1.29 is 23.9 Å². The number of ketones is 2. The Morgan fingerprint density at radius 3 is 2.23 bits per heavy atom. The van der Waals surface area contributed by atoms with E-state index in [1.165, 1.54) is 20.2 Å². The van der Waals surface area contributed by atoms with Gasteiger partial charge in [-0.15, -0.1) is 0 Å². The Hall–Kier alpha value is -3.02. The number of methoxy groups -OCH3 is 1. The van der Waals surface area contributed by atoms with Crippen LogP contribution in [0.1, 0.15) is 41.0 Å². The van der Waals surface area contributed by atoms with Gasteiger partial charge in [-0.25, -0.2) is 0 Å². The van der Waals surface area contributed by atoms with Crippen molar-refractivity contribution in [3.05, 3.63) is 58.3 Å². The van der Waals surface area contributed by atoms with Crippen LogP contribution in [-0.4, -0.2) is 42.5 Å². The number of benzene rings is 1. The minimum atomic E-state index is -1.84. The summed E-state index contributed by atoms with van der Waals surface area (Å²) in [7, 11) is 2.57. The summed E-state index contributed by atoms with van der Waals surface area (Å²) >= 11 is 0. The van der Waals surface area contributed by atoms with Crippen molar-refractivity contribution in [2.24, 2.45) is 5.41 Å². The summed E-state index contributed by atoms with van der Waals surface area (Å²) in [5, 5.41) is 0. The molecule has 1 aliphatic carbocycles. The van der Waals surface area contributed by atoms with E-state index < -0.39 is 28.9 Å². The number of fused-ring (bicyclic) bond motifs is 1. The summed E-state index contributed by atoms with van der Waals surface area (Å²) in [6, 6.07) is 6.38. The average molecular weight is 353 g/mol. The minimum absolute atomic E-state index is 0.0359. The van der Waals surface area contributed by atoms with Gasteiger partial charge >= 0.3 is 5.97 Å². The third-order valence-corrected chi connectivity index (χ3v) is 4.88. The summed E-state index contributed by atoms with van der Waals surface area (Å²) in [6.07, 6.45) is 1.67. The molecule has 6 nitrogen and oxygen atoms in total. The minimum Gasteiger partial charge on any atom is -0.468 e. The van der Waals surface area contributed by atoms with E-state index in [1.54, 1.807) is 24.3 Å². The molecule has 3 rings (SSSR count). The van der Waals surface area contributed by atoms with Crippen molar-refractivity contribution >= 4 is 23.4 Å². The molecule has 1 atom stereocenters. The van der Waals surface area contributed by atoms with E-state index in [0.29, 0.717) is 0 Å². The predicted octanol–water partition coefficient (Wildman–Crippen LogP) is 2.31. The van der Waals surface area contributed by atoms with Crippen LogP contribution < -0.4 is 0 Å². The largest absolute Gasteiger partial charge is 0.468 e. The van der Waals surface area contributed by atoms with E-state index in [1.807, 2.05) is 13.8 Å². The Kier molecular flexibility index (Phi) is 4.14. The third kappa shape index (κ3) is 2.18. The van der Waals surface area contributed by atoms with Gasteiger partial charge in [-0.3, -0.25) is 19.2 Å². The lowest BCUT2D eigenvalue weighted by Crippen LogP contribution is -2.44. The molecular weight excluding hydrogens is 334 g/mol. The van der Waals surface area contributed by atoms with Crippen LogP contribution in [0.25, 0.3) is 0 Å². The first-order valence-corrected chi connectivity index (χ1v) is 8.20. The van der Waals surface area contributed by atoms with Crippen LogP contribution in [0.2, 0.25) is 0 Å². The zero-order valence-electron chi connectivity index (χ0n) is 15.1. The molecule has 0 bridgehead atoms. The molecule has 0 saturated heterocycles. The first-order valence-electron chi connectivity index (χ1n) is 8.20. The highest BCUT2D eigenvalue weighted by Crippen LogP contribution is 2.48. The van der Waals surface area contributed by atoms with Crippen LogP contribution in [0, 0.1) is 5.41 Å². The molecule has 0 radical (unpaired) electrons. The number of nitrogens with zero attached hydrogens (tertiary/aromatic N) is 1. The molecule has 0 fully saturated rings. The van der Waals surface area contributed by atoms with Crippen LogP contribution in [0.15, 0.2) is 47.2 Å². The molecule has 1 aliphatic heterocycles. The Bertz CT molecular complexity index is 920.